The lowest BCUT2D eigenvalue weighted by Gasteiger charge is -2.07. The molecule has 0 aliphatic heterocycles. The number of nitrogens with two attached hydrogens (primary N) is 1. The van der Waals surface area contributed by atoms with Crippen LogP contribution in [0.15, 0.2) is 41.2 Å². The third kappa shape index (κ3) is 1.83. The Hall–Kier alpha value is -2.40. The van der Waals surface area contributed by atoms with Crippen LogP contribution in [-0.2, 0) is 13.6 Å². The Balaban J connectivity index is 2.32. The summed E-state index contributed by atoms with van der Waals surface area (Å²) in [6, 6.07) is 11.4. The lowest BCUT2D eigenvalue weighted by molar-refractivity contribution is 0.766. The summed E-state index contributed by atoms with van der Waals surface area (Å²) >= 11 is 0. The SMILES string of the molecule is Cc1ccccc1-c1cc2n(C)c(CN)cc(=O)n2n1. The van der Waals surface area contributed by atoms with E-state index in [1.165, 1.54) is 10.6 Å². The van der Waals surface area contributed by atoms with Gasteiger partial charge in [0, 0.05) is 37.0 Å². The number of aryl methyl sites for hydroxylation is 2. The second-order valence-electron chi connectivity index (χ2n) is 4.85. The van der Waals surface area contributed by atoms with Gasteiger partial charge in [0.25, 0.3) is 5.56 Å². The van der Waals surface area contributed by atoms with E-state index in [9.17, 15) is 4.79 Å². The summed E-state index contributed by atoms with van der Waals surface area (Å²) in [7, 11) is 1.89. The monoisotopic (exact) mass is 268 g/mol. The fraction of sp³-hybridized carbons (Fsp3) is 0.200. The zero-order valence-electron chi connectivity index (χ0n) is 11.5. The number of aromatic nitrogens is 3. The van der Waals surface area contributed by atoms with Crippen LogP contribution < -0.4 is 11.3 Å². The highest BCUT2D eigenvalue weighted by molar-refractivity contribution is 5.67. The number of hydrogen-bond donors (Lipinski definition) is 1. The Kier molecular flexibility index (Phi) is 2.91. The quantitative estimate of drug-likeness (QED) is 0.765. The molecule has 0 saturated heterocycles. The molecule has 0 bridgehead atoms. The highest BCUT2D eigenvalue weighted by Gasteiger charge is 2.11. The molecule has 2 heterocycles. The molecule has 0 aliphatic rings. The summed E-state index contributed by atoms with van der Waals surface area (Å²) in [6.07, 6.45) is 0. The highest BCUT2D eigenvalue weighted by atomic mass is 16.1. The summed E-state index contributed by atoms with van der Waals surface area (Å²) in [5.74, 6) is 0. The van der Waals surface area contributed by atoms with Crippen molar-refractivity contribution in [3.05, 3.63) is 58.0 Å². The number of fused-ring (bicyclic) bond motifs is 1. The van der Waals surface area contributed by atoms with Gasteiger partial charge in [0.1, 0.15) is 5.65 Å². The summed E-state index contributed by atoms with van der Waals surface area (Å²) in [5, 5.41) is 4.42. The molecule has 2 N–H and O–H groups in total. The van der Waals surface area contributed by atoms with Gasteiger partial charge in [-0.05, 0) is 12.5 Å². The molecule has 0 atom stereocenters. The number of nitrogens with zero attached hydrogens (tertiary/aromatic N) is 3. The lowest BCUT2D eigenvalue weighted by atomic mass is 10.1. The zero-order valence-corrected chi connectivity index (χ0v) is 11.5. The molecular formula is C15H16N4O. The third-order valence-electron chi connectivity index (χ3n) is 3.59. The van der Waals surface area contributed by atoms with Crippen molar-refractivity contribution in [3.8, 4) is 11.3 Å². The van der Waals surface area contributed by atoms with Crippen LogP contribution in [0.2, 0.25) is 0 Å². The van der Waals surface area contributed by atoms with Gasteiger partial charge in [-0.3, -0.25) is 4.79 Å². The fourth-order valence-corrected chi connectivity index (χ4v) is 2.41. The van der Waals surface area contributed by atoms with Gasteiger partial charge in [0.15, 0.2) is 0 Å². The molecule has 2 aromatic heterocycles. The van der Waals surface area contributed by atoms with Crippen molar-refractivity contribution < 1.29 is 0 Å². The van der Waals surface area contributed by atoms with Crippen molar-refractivity contribution >= 4 is 5.65 Å². The van der Waals surface area contributed by atoms with E-state index in [0.29, 0.717) is 6.54 Å². The first kappa shape index (κ1) is 12.6. The topological polar surface area (TPSA) is 65.3 Å². The van der Waals surface area contributed by atoms with Gasteiger partial charge in [0.2, 0.25) is 0 Å². The van der Waals surface area contributed by atoms with E-state index < -0.39 is 0 Å². The summed E-state index contributed by atoms with van der Waals surface area (Å²) < 4.78 is 3.32. The Morgan fingerprint density at radius 2 is 2.00 bits per heavy atom. The minimum atomic E-state index is -0.154. The Morgan fingerprint density at radius 3 is 2.70 bits per heavy atom. The summed E-state index contributed by atoms with van der Waals surface area (Å²) in [6.45, 7) is 2.36. The van der Waals surface area contributed by atoms with Crippen molar-refractivity contribution in [2.75, 3.05) is 0 Å². The Morgan fingerprint density at radius 1 is 1.25 bits per heavy atom. The molecule has 3 aromatic rings. The third-order valence-corrected chi connectivity index (χ3v) is 3.59. The maximum atomic E-state index is 12.1. The van der Waals surface area contributed by atoms with Crippen LogP contribution in [0.25, 0.3) is 16.9 Å². The average molecular weight is 268 g/mol. The molecule has 5 nitrogen and oxygen atoms in total. The normalized spacial score (nSPS) is 11.2. The van der Waals surface area contributed by atoms with E-state index >= 15 is 0 Å². The molecule has 102 valence electrons. The van der Waals surface area contributed by atoms with Crippen LogP contribution in [0.3, 0.4) is 0 Å². The van der Waals surface area contributed by atoms with Crippen LogP contribution in [0.4, 0.5) is 0 Å². The molecule has 0 unspecified atom stereocenters. The van der Waals surface area contributed by atoms with Crippen LogP contribution in [0, 0.1) is 6.92 Å². The molecular weight excluding hydrogens is 252 g/mol. The molecule has 5 heteroatoms. The number of hydrogen-bond acceptors (Lipinski definition) is 3. The minimum absolute atomic E-state index is 0.154. The zero-order chi connectivity index (χ0) is 14.3. The molecule has 0 saturated carbocycles. The maximum absolute atomic E-state index is 12.1. The minimum Gasteiger partial charge on any atom is -0.331 e. The van der Waals surface area contributed by atoms with Crippen LogP contribution in [0.1, 0.15) is 11.3 Å². The lowest BCUT2D eigenvalue weighted by Crippen LogP contribution is -2.21. The van der Waals surface area contributed by atoms with E-state index in [2.05, 4.69) is 5.10 Å². The Labute approximate surface area is 116 Å². The molecule has 1 aromatic carbocycles. The summed E-state index contributed by atoms with van der Waals surface area (Å²) in [5.41, 5.74) is 10.0. The van der Waals surface area contributed by atoms with Crippen LogP contribution in [-0.4, -0.2) is 14.2 Å². The highest BCUT2D eigenvalue weighted by Crippen LogP contribution is 2.22. The van der Waals surface area contributed by atoms with E-state index in [1.54, 1.807) is 0 Å². The maximum Gasteiger partial charge on any atom is 0.274 e. The number of benzene rings is 1. The first-order chi connectivity index (χ1) is 9.61. The van der Waals surface area contributed by atoms with Crippen LogP contribution >= 0.6 is 0 Å². The van der Waals surface area contributed by atoms with Gasteiger partial charge in [-0.25, -0.2) is 0 Å². The van der Waals surface area contributed by atoms with Gasteiger partial charge in [0.05, 0.1) is 5.69 Å². The van der Waals surface area contributed by atoms with Crippen molar-refractivity contribution in [3.63, 3.8) is 0 Å². The second kappa shape index (κ2) is 4.61. The smallest absolute Gasteiger partial charge is 0.274 e. The second-order valence-corrected chi connectivity index (χ2v) is 4.85. The van der Waals surface area contributed by atoms with E-state index in [4.69, 9.17) is 5.73 Å². The number of rotatable bonds is 2. The van der Waals surface area contributed by atoms with Gasteiger partial charge < -0.3 is 10.3 Å². The first-order valence-electron chi connectivity index (χ1n) is 6.46. The predicted octanol–water partition coefficient (Wildman–Crippen LogP) is 1.47. The van der Waals surface area contributed by atoms with Gasteiger partial charge in [-0.1, -0.05) is 24.3 Å². The van der Waals surface area contributed by atoms with Gasteiger partial charge in [-0.2, -0.15) is 9.61 Å². The van der Waals surface area contributed by atoms with Crippen molar-refractivity contribution in [1.82, 2.24) is 14.2 Å². The van der Waals surface area contributed by atoms with E-state index in [0.717, 1.165) is 28.2 Å². The molecule has 20 heavy (non-hydrogen) atoms. The van der Waals surface area contributed by atoms with Crippen molar-refractivity contribution in [2.24, 2.45) is 12.8 Å². The standard InChI is InChI=1S/C15H16N4O/c1-10-5-3-4-6-12(10)13-8-14-18(2)11(9-16)7-15(20)19(14)17-13/h3-8H,9,16H2,1-2H3. The Bertz CT molecular complexity index is 845. The van der Waals surface area contributed by atoms with Crippen LogP contribution in [0.5, 0.6) is 0 Å². The molecule has 0 fully saturated rings. The van der Waals surface area contributed by atoms with Gasteiger partial charge in [-0.15, -0.1) is 0 Å². The predicted molar refractivity (Wildman–Crippen MR) is 78.5 cm³/mol. The van der Waals surface area contributed by atoms with Crippen molar-refractivity contribution in [1.29, 1.82) is 0 Å². The summed E-state index contributed by atoms with van der Waals surface area (Å²) in [4.78, 5) is 12.1. The van der Waals surface area contributed by atoms with E-state index in [1.807, 2.05) is 48.9 Å². The molecule has 0 aliphatic carbocycles. The molecule has 3 rings (SSSR count). The fourth-order valence-electron chi connectivity index (χ4n) is 2.41. The average Bonchev–Trinajstić information content (AvgIpc) is 2.89. The largest absolute Gasteiger partial charge is 0.331 e. The first-order valence-corrected chi connectivity index (χ1v) is 6.46. The molecule has 0 radical (unpaired) electrons. The van der Waals surface area contributed by atoms with Crippen molar-refractivity contribution in [2.45, 2.75) is 13.5 Å². The van der Waals surface area contributed by atoms with E-state index in [-0.39, 0.29) is 5.56 Å². The molecule has 0 spiro atoms. The van der Waals surface area contributed by atoms with Gasteiger partial charge >= 0.3 is 0 Å². The molecule has 0 amide bonds.